The zero-order valence-electron chi connectivity index (χ0n) is 15.5. The van der Waals surface area contributed by atoms with Crippen molar-refractivity contribution in [3.05, 3.63) is 53.2 Å². The predicted molar refractivity (Wildman–Crippen MR) is 116 cm³/mol. The second kappa shape index (κ2) is 7.29. The van der Waals surface area contributed by atoms with Crippen molar-refractivity contribution in [2.45, 2.75) is 0 Å². The van der Waals surface area contributed by atoms with Crippen molar-refractivity contribution in [3.63, 3.8) is 0 Å². The fourth-order valence-electron chi connectivity index (χ4n) is 3.06. The van der Waals surface area contributed by atoms with Crippen molar-refractivity contribution in [2.24, 2.45) is 7.05 Å². The van der Waals surface area contributed by atoms with Gasteiger partial charge in [0.15, 0.2) is 4.32 Å². The normalized spacial score (nSPS) is 15.7. The maximum atomic E-state index is 13.1. The number of hydrogen-bond donors (Lipinski definition) is 0. The molecule has 1 fully saturated rings. The van der Waals surface area contributed by atoms with Crippen molar-refractivity contribution >= 4 is 57.0 Å². The molecule has 28 heavy (non-hydrogen) atoms. The van der Waals surface area contributed by atoms with Crippen LogP contribution >= 0.6 is 24.0 Å². The Labute approximate surface area is 171 Å². The topological polar surface area (TPSA) is 56.6 Å². The Morgan fingerprint density at radius 2 is 1.93 bits per heavy atom. The molecule has 4 rings (SSSR count). The minimum absolute atomic E-state index is 0.203. The number of para-hydroxylation sites is 2. The maximum Gasteiger partial charge on any atom is 0.271 e. The Bertz CT molecular complexity index is 1140. The number of aromatic nitrogens is 2. The monoisotopic (exact) mass is 411 g/mol. The van der Waals surface area contributed by atoms with E-state index >= 15 is 0 Å². The molecule has 0 saturated carbocycles. The number of carbonyl (C=O) groups is 1. The van der Waals surface area contributed by atoms with Crippen molar-refractivity contribution in [3.8, 4) is 11.5 Å². The van der Waals surface area contributed by atoms with Crippen LogP contribution in [0.2, 0.25) is 0 Å². The number of ether oxygens (including phenoxy) is 2. The third-order valence-corrected chi connectivity index (χ3v) is 5.81. The highest BCUT2D eigenvalue weighted by atomic mass is 32.2. The minimum Gasteiger partial charge on any atom is -0.497 e. The van der Waals surface area contributed by atoms with E-state index in [1.54, 1.807) is 38.5 Å². The largest absolute Gasteiger partial charge is 0.497 e. The lowest BCUT2D eigenvalue weighted by Gasteiger charge is -2.18. The third-order valence-electron chi connectivity index (χ3n) is 4.50. The number of hydrogen-bond acceptors (Lipinski definition) is 6. The summed E-state index contributed by atoms with van der Waals surface area (Å²) in [6.45, 7) is 0. The summed E-state index contributed by atoms with van der Waals surface area (Å²) in [4.78, 5) is 19.7. The van der Waals surface area contributed by atoms with Crippen LogP contribution in [0.3, 0.4) is 0 Å². The smallest absolute Gasteiger partial charge is 0.271 e. The van der Waals surface area contributed by atoms with Crippen molar-refractivity contribution in [2.75, 3.05) is 19.1 Å². The summed E-state index contributed by atoms with van der Waals surface area (Å²) < 4.78 is 13.1. The zero-order valence-corrected chi connectivity index (χ0v) is 17.1. The standard InChI is InChI=1S/C20H17N3O3S2/c1-22-14-7-5-4-6-13(14)21-18(22)11-17-19(24)23(20(27)28-17)15-9-8-12(25-2)10-16(15)26-3/h4-11H,1-3H3. The lowest BCUT2D eigenvalue weighted by Crippen LogP contribution is -2.28. The van der Waals surface area contributed by atoms with E-state index in [2.05, 4.69) is 4.98 Å². The number of fused-ring (bicyclic) bond motifs is 1. The van der Waals surface area contributed by atoms with Crippen LogP contribution in [0.4, 0.5) is 5.69 Å². The number of anilines is 1. The van der Waals surface area contributed by atoms with Gasteiger partial charge in [0, 0.05) is 19.2 Å². The van der Waals surface area contributed by atoms with Crippen LogP contribution < -0.4 is 14.4 Å². The summed E-state index contributed by atoms with van der Waals surface area (Å²) in [5.41, 5.74) is 2.46. The summed E-state index contributed by atoms with van der Waals surface area (Å²) >= 11 is 6.72. The molecule has 8 heteroatoms. The fourth-order valence-corrected chi connectivity index (χ4v) is 4.31. The summed E-state index contributed by atoms with van der Waals surface area (Å²) in [5.74, 6) is 1.65. The minimum atomic E-state index is -0.203. The van der Waals surface area contributed by atoms with Crippen molar-refractivity contribution in [1.82, 2.24) is 9.55 Å². The SMILES string of the molecule is COc1ccc(N2C(=O)C(=Cc3nc4ccccc4n3C)SC2=S)c(OC)c1. The fraction of sp³-hybridized carbons (Fsp3) is 0.150. The molecule has 142 valence electrons. The molecule has 1 amide bonds. The van der Waals surface area contributed by atoms with Gasteiger partial charge in [-0.15, -0.1) is 0 Å². The second-order valence-electron chi connectivity index (χ2n) is 6.07. The number of imidazole rings is 1. The Hall–Kier alpha value is -2.84. The van der Waals surface area contributed by atoms with E-state index in [-0.39, 0.29) is 5.91 Å². The first kappa shape index (κ1) is 18.5. The molecule has 2 heterocycles. The quantitative estimate of drug-likeness (QED) is 0.478. The number of thiocarbonyl (C=S) groups is 1. The average molecular weight is 412 g/mol. The molecule has 1 aliphatic heterocycles. The lowest BCUT2D eigenvalue weighted by molar-refractivity contribution is -0.113. The van der Waals surface area contributed by atoms with Gasteiger partial charge in [0.05, 0.1) is 35.8 Å². The number of thioether (sulfide) groups is 1. The molecule has 0 N–H and O–H groups in total. The Morgan fingerprint density at radius 3 is 2.64 bits per heavy atom. The van der Waals surface area contributed by atoms with Crippen LogP contribution in [0.5, 0.6) is 11.5 Å². The van der Waals surface area contributed by atoms with E-state index in [0.717, 1.165) is 11.0 Å². The average Bonchev–Trinajstić information content (AvgIpc) is 3.17. The Balaban J connectivity index is 1.73. The van der Waals surface area contributed by atoms with Gasteiger partial charge in [0.2, 0.25) is 0 Å². The molecule has 6 nitrogen and oxygen atoms in total. The predicted octanol–water partition coefficient (Wildman–Crippen LogP) is 4.00. The number of rotatable bonds is 4. The molecular formula is C20H17N3O3S2. The molecule has 0 bridgehead atoms. The number of nitrogens with zero attached hydrogens (tertiary/aromatic N) is 3. The molecule has 3 aromatic rings. The highest BCUT2D eigenvalue weighted by molar-refractivity contribution is 8.27. The van der Waals surface area contributed by atoms with Gasteiger partial charge in [-0.1, -0.05) is 36.1 Å². The van der Waals surface area contributed by atoms with E-state index in [0.29, 0.717) is 32.2 Å². The number of amides is 1. The molecule has 1 saturated heterocycles. The first-order valence-corrected chi connectivity index (χ1v) is 9.67. The number of methoxy groups -OCH3 is 2. The van der Waals surface area contributed by atoms with E-state index in [9.17, 15) is 4.79 Å². The van der Waals surface area contributed by atoms with E-state index in [1.165, 1.54) is 16.7 Å². The van der Waals surface area contributed by atoms with Gasteiger partial charge in [-0.2, -0.15) is 0 Å². The molecular weight excluding hydrogens is 394 g/mol. The van der Waals surface area contributed by atoms with Crippen molar-refractivity contribution < 1.29 is 14.3 Å². The maximum absolute atomic E-state index is 13.1. The molecule has 0 aliphatic carbocycles. The van der Waals surface area contributed by atoms with Gasteiger partial charge in [-0.05, 0) is 24.3 Å². The van der Waals surface area contributed by atoms with Gasteiger partial charge in [0.1, 0.15) is 17.3 Å². The first-order chi connectivity index (χ1) is 13.5. The van der Waals surface area contributed by atoms with E-state index < -0.39 is 0 Å². The van der Waals surface area contributed by atoms with E-state index in [4.69, 9.17) is 21.7 Å². The van der Waals surface area contributed by atoms with E-state index in [1.807, 2.05) is 35.9 Å². The van der Waals surface area contributed by atoms with Crippen LogP contribution in [0.15, 0.2) is 47.4 Å². The summed E-state index contributed by atoms with van der Waals surface area (Å²) in [6.07, 6.45) is 1.77. The Kier molecular flexibility index (Phi) is 4.82. The number of benzene rings is 2. The van der Waals surface area contributed by atoms with Crippen LogP contribution in [0.1, 0.15) is 5.82 Å². The van der Waals surface area contributed by atoms with Gasteiger partial charge < -0.3 is 14.0 Å². The molecule has 1 aromatic heterocycles. The number of carbonyl (C=O) groups excluding carboxylic acids is 1. The molecule has 0 spiro atoms. The lowest BCUT2D eigenvalue weighted by atomic mass is 10.2. The van der Waals surface area contributed by atoms with Gasteiger partial charge >= 0.3 is 0 Å². The highest BCUT2D eigenvalue weighted by Crippen LogP contribution is 2.41. The molecule has 1 aliphatic rings. The van der Waals surface area contributed by atoms with Gasteiger partial charge in [-0.25, -0.2) is 4.98 Å². The summed E-state index contributed by atoms with van der Waals surface area (Å²) in [6, 6.07) is 13.1. The van der Waals surface area contributed by atoms with Crippen LogP contribution in [0, 0.1) is 0 Å². The van der Waals surface area contributed by atoms with Crippen LogP contribution in [-0.2, 0) is 11.8 Å². The van der Waals surface area contributed by atoms with Gasteiger partial charge in [-0.3, -0.25) is 9.69 Å². The molecule has 0 unspecified atom stereocenters. The van der Waals surface area contributed by atoms with Crippen LogP contribution in [0.25, 0.3) is 17.1 Å². The summed E-state index contributed by atoms with van der Waals surface area (Å²) in [7, 11) is 5.05. The third kappa shape index (κ3) is 3.04. The number of aryl methyl sites for hydroxylation is 1. The highest BCUT2D eigenvalue weighted by Gasteiger charge is 2.35. The second-order valence-corrected chi connectivity index (χ2v) is 7.75. The zero-order chi connectivity index (χ0) is 19.8. The molecule has 2 aromatic carbocycles. The van der Waals surface area contributed by atoms with Crippen molar-refractivity contribution in [1.29, 1.82) is 0 Å². The molecule has 0 radical (unpaired) electrons. The summed E-state index contributed by atoms with van der Waals surface area (Å²) in [5, 5.41) is 0. The first-order valence-electron chi connectivity index (χ1n) is 8.45. The van der Waals surface area contributed by atoms with Gasteiger partial charge in [0.25, 0.3) is 5.91 Å². The molecule has 0 atom stereocenters. The Morgan fingerprint density at radius 1 is 1.14 bits per heavy atom. The van der Waals surface area contributed by atoms with Crippen LogP contribution in [-0.4, -0.2) is 34.0 Å².